The van der Waals surface area contributed by atoms with Gasteiger partial charge < -0.3 is 0 Å². The third-order valence-corrected chi connectivity index (χ3v) is 13.0. The lowest BCUT2D eigenvalue weighted by molar-refractivity contribution is 0.177. The van der Waals surface area contributed by atoms with E-state index in [-0.39, 0.29) is 11.6 Å². The Morgan fingerprint density at radius 1 is 0.509 bits per heavy atom. The van der Waals surface area contributed by atoms with E-state index in [1.54, 1.807) is 12.1 Å². The summed E-state index contributed by atoms with van der Waals surface area (Å²) in [6, 6.07) is 28.1. The van der Waals surface area contributed by atoms with Gasteiger partial charge in [0.25, 0.3) is 0 Å². The van der Waals surface area contributed by atoms with E-state index in [9.17, 15) is 8.78 Å². The number of hydrogen-bond donors (Lipinski definition) is 0. The second-order valence-electron chi connectivity index (χ2n) is 17.0. The van der Waals surface area contributed by atoms with Gasteiger partial charge in [-0.3, -0.25) is 0 Å². The Morgan fingerprint density at radius 3 is 1.34 bits per heavy atom. The van der Waals surface area contributed by atoms with E-state index in [1.807, 2.05) is 31.2 Å². The summed E-state index contributed by atoms with van der Waals surface area (Å²) < 4.78 is 28.5. The molecular formula is C51H68F2. The average Bonchev–Trinajstić information content (AvgIpc) is 3.15. The molecule has 0 radical (unpaired) electrons. The van der Waals surface area contributed by atoms with Gasteiger partial charge in [-0.2, -0.15) is 0 Å². The van der Waals surface area contributed by atoms with E-state index in [2.05, 4.69) is 83.1 Å². The molecule has 0 heterocycles. The fraction of sp³-hybridized carbons (Fsp3) is 0.529. The summed E-state index contributed by atoms with van der Waals surface area (Å²) in [6.45, 7) is 13.5. The molecule has 4 aromatic carbocycles. The molecule has 0 spiro atoms. The molecule has 53 heavy (non-hydrogen) atoms. The Bertz CT molecular complexity index is 1670. The van der Waals surface area contributed by atoms with Crippen molar-refractivity contribution < 1.29 is 8.78 Å². The molecule has 2 aliphatic rings. The second-order valence-corrected chi connectivity index (χ2v) is 17.0. The SMILES string of the molecule is CCCC1CCC(CCc2ccc(-c3ccc(C)cc3F)cc2)C(C)C1.CCCC1CCC(CCc2ccc(-c3ccc(CC)cc3F)cc2)C(C)C1. The number of halogens is 2. The first-order chi connectivity index (χ1) is 25.7. The Hall–Kier alpha value is -3.26. The average molecular weight is 719 g/mol. The van der Waals surface area contributed by atoms with Gasteiger partial charge in [0, 0.05) is 11.1 Å². The zero-order valence-electron chi connectivity index (χ0n) is 33.9. The highest BCUT2D eigenvalue weighted by Crippen LogP contribution is 2.39. The molecule has 0 N–H and O–H groups in total. The van der Waals surface area contributed by atoms with Crippen molar-refractivity contribution in [2.75, 3.05) is 0 Å². The number of rotatable bonds is 13. The smallest absolute Gasteiger partial charge is 0.131 e. The van der Waals surface area contributed by atoms with Crippen molar-refractivity contribution in [3.8, 4) is 22.3 Å². The molecule has 6 atom stereocenters. The Labute approximate surface area is 322 Å². The number of aryl methyl sites for hydroxylation is 4. The van der Waals surface area contributed by atoms with Crippen LogP contribution in [0.5, 0.6) is 0 Å². The minimum absolute atomic E-state index is 0.111. The lowest BCUT2D eigenvalue weighted by Gasteiger charge is -2.34. The fourth-order valence-electron chi connectivity index (χ4n) is 9.61. The Kier molecular flexibility index (Phi) is 15.8. The quantitative estimate of drug-likeness (QED) is 0.129. The lowest BCUT2D eigenvalue weighted by Crippen LogP contribution is -2.23. The molecule has 2 saturated carbocycles. The molecule has 2 heteroatoms. The van der Waals surface area contributed by atoms with Crippen molar-refractivity contribution in [3.63, 3.8) is 0 Å². The van der Waals surface area contributed by atoms with Crippen molar-refractivity contribution in [3.05, 3.63) is 119 Å². The maximum atomic E-state index is 14.3. The zero-order chi connectivity index (χ0) is 37.7. The molecule has 6 unspecified atom stereocenters. The van der Waals surface area contributed by atoms with E-state index in [0.29, 0.717) is 11.1 Å². The Balaban J connectivity index is 0.000000204. The third kappa shape index (κ3) is 11.9. The summed E-state index contributed by atoms with van der Waals surface area (Å²) in [7, 11) is 0. The van der Waals surface area contributed by atoms with Crippen LogP contribution >= 0.6 is 0 Å². The lowest BCUT2D eigenvalue weighted by atomic mass is 9.72. The van der Waals surface area contributed by atoms with E-state index in [0.717, 1.165) is 77.0 Å². The van der Waals surface area contributed by atoms with E-state index in [1.165, 1.54) is 88.2 Å². The van der Waals surface area contributed by atoms with Crippen LogP contribution in [-0.2, 0) is 19.3 Å². The summed E-state index contributed by atoms with van der Waals surface area (Å²) in [5, 5.41) is 0. The monoisotopic (exact) mass is 719 g/mol. The van der Waals surface area contributed by atoms with Crippen LogP contribution in [-0.4, -0.2) is 0 Å². The van der Waals surface area contributed by atoms with Crippen molar-refractivity contribution in [1.29, 1.82) is 0 Å². The van der Waals surface area contributed by atoms with Crippen LogP contribution < -0.4 is 0 Å². The van der Waals surface area contributed by atoms with Crippen molar-refractivity contribution in [2.24, 2.45) is 35.5 Å². The van der Waals surface area contributed by atoms with Crippen molar-refractivity contribution in [1.82, 2.24) is 0 Å². The molecule has 0 bridgehead atoms. The topological polar surface area (TPSA) is 0 Å². The first-order valence-electron chi connectivity index (χ1n) is 21.4. The van der Waals surface area contributed by atoms with Gasteiger partial charge in [-0.1, -0.05) is 146 Å². The minimum Gasteiger partial charge on any atom is -0.206 e. The molecule has 6 rings (SSSR count). The van der Waals surface area contributed by atoms with Crippen LogP contribution in [0.2, 0.25) is 0 Å². The number of benzene rings is 4. The van der Waals surface area contributed by atoms with Gasteiger partial charge in [0.15, 0.2) is 0 Å². The molecule has 0 nitrogen and oxygen atoms in total. The largest absolute Gasteiger partial charge is 0.206 e. The highest BCUT2D eigenvalue weighted by molar-refractivity contribution is 5.65. The highest BCUT2D eigenvalue weighted by Gasteiger charge is 2.28. The first kappa shape index (κ1) is 40.9. The standard InChI is InChI=1S/C26H35F.C25H33F/c1-4-6-22-10-13-23(19(3)17-22)12-7-21-8-14-24(15-9-21)25-16-11-20(5-2)18-26(25)27;1-4-5-21-10-12-22(19(3)17-21)11-7-20-8-13-23(14-9-20)24-15-6-18(2)16-25(24)26/h8-9,11,14-16,18-19,22-23H,4-7,10,12-13,17H2,1-3H3;6,8-9,13-16,19,21-22H,4-5,7,10-12,17H2,1-3H3. The third-order valence-electron chi connectivity index (χ3n) is 13.0. The summed E-state index contributed by atoms with van der Waals surface area (Å²) in [5.74, 6) is 5.16. The van der Waals surface area contributed by atoms with Gasteiger partial charge in [0.1, 0.15) is 11.6 Å². The number of hydrogen-bond acceptors (Lipinski definition) is 0. The van der Waals surface area contributed by atoms with E-state index in [4.69, 9.17) is 0 Å². The maximum absolute atomic E-state index is 14.3. The van der Waals surface area contributed by atoms with Gasteiger partial charge in [0.05, 0.1) is 0 Å². The normalized spacial score (nSPS) is 22.9. The van der Waals surface area contributed by atoms with Gasteiger partial charge in [0.2, 0.25) is 0 Å². The molecule has 0 saturated heterocycles. The predicted octanol–water partition coefficient (Wildman–Crippen LogP) is 15.4. The fourth-order valence-corrected chi connectivity index (χ4v) is 9.61. The first-order valence-corrected chi connectivity index (χ1v) is 21.4. The maximum Gasteiger partial charge on any atom is 0.131 e. The van der Waals surface area contributed by atoms with Crippen LogP contribution in [0.3, 0.4) is 0 Å². The van der Waals surface area contributed by atoms with E-state index < -0.39 is 0 Å². The molecule has 2 fully saturated rings. The highest BCUT2D eigenvalue weighted by atomic mass is 19.1. The van der Waals surface area contributed by atoms with Gasteiger partial charge in [-0.25, -0.2) is 8.78 Å². The van der Waals surface area contributed by atoms with Crippen molar-refractivity contribution in [2.45, 2.75) is 138 Å². The van der Waals surface area contributed by atoms with Gasteiger partial charge >= 0.3 is 0 Å². The van der Waals surface area contributed by atoms with Gasteiger partial charge in [-0.05, 0) is 146 Å². The second kappa shape index (κ2) is 20.4. The summed E-state index contributed by atoms with van der Waals surface area (Å²) in [4.78, 5) is 0. The Morgan fingerprint density at radius 2 is 0.943 bits per heavy atom. The van der Waals surface area contributed by atoms with Crippen LogP contribution in [0.25, 0.3) is 22.3 Å². The molecule has 0 amide bonds. The molecule has 4 aromatic rings. The molecular weight excluding hydrogens is 651 g/mol. The molecule has 0 aromatic heterocycles. The predicted molar refractivity (Wildman–Crippen MR) is 224 cm³/mol. The minimum atomic E-state index is -0.129. The zero-order valence-corrected chi connectivity index (χ0v) is 33.9. The summed E-state index contributed by atoms with van der Waals surface area (Å²) in [6.07, 6.45) is 19.7. The van der Waals surface area contributed by atoms with Crippen molar-refractivity contribution >= 4 is 0 Å². The van der Waals surface area contributed by atoms with Crippen LogP contribution in [0.15, 0.2) is 84.9 Å². The summed E-state index contributed by atoms with van der Waals surface area (Å²) in [5.41, 5.74) is 8.14. The van der Waals surface area contributed by atoms with E-state index >= 15 is 0 Å². The summed E-state index contributed by atoms with van der Waals surface area (Å²) >= 11 is 0. The van der Waals surface area contributed by atoms with Crippen LogP contribution in [0.4, 0.5) is 8.78 Å². The van der Waals surface area contributed by atoms with Crippen LogP contribution in [0.1, 0.15) is 134 Å². The van der Waals surface area contributed by atoms with Gasteiger partial charge in [-0.15, -0.1) is 0 Å². The molecule has 0 aliphatic heterocycles. The molecule has 2 aliphatic carbocycles. The van der Waals surface area contributed by atoms with Crippen LogP contribution in [0, 0.1) is 54.1 Å². The molecule has 286 valence electrons.